The van der Waals surface area contributed by atoms with E-state index in [2.05, 4.69) is 99.6 Å². The molecular formula is C16H15Br2N. The summed E-state index contributed by atoms with van der Waals surface area (Å²) in [5, 5.41) is 3.66. The lowest BCUT2D eigenvalue weighted by atomic mass is 9.84. The van der Waals surface area contributed by atoms with Gasteiger partial charge in [-0.25, -0.2) is 0 Å². The standard InChI is InChI=1S/C16H15Br2N/c1-15(11-3-7-13(17)8-4-11)16(2,19-15)12-5-9-14(18)10-6-12/h3-10,19H,1-2H3. The molecule has 1 aliphatic heterocycles. The zero-order chi connectivity index (χ0) is 13.7. The van der Waals surface area contributed by atoms with E-state index in [9.17, 15) is 0 Å². The first-order valence-electron chi connectivity index (χ1n) is 6.27. The number of halogens is 2. The highest BCUT2D eigenvalue weighted by Crippen LogP contribution is 2.53. The molecule has 0 saturated carbocycles. The van der Waals surface area contributed by atoms with Crippen LogP contribution < -0.4 is 5.32 Å². The van der Waals surface area contributed by atoms with Gasteiger partial charge in [-0.1, -0.05) is 56.1 Å². The minimum absolute atomic E-state index is 0.00152. The molecular weight excluding hydrogens is 366 g/mol. The first kappa shape index (κ1) is 13.3. The normalized spacial score (nSPS) is 29.3. The molecule has 98 valence electrons. The molecule has 3 heteroatoms. The van der Waals surface area contributed by atoms with Crippen molar-refractivity contribution in [1.29, 1.82) is 0 Å². The lowest BCUT2D eigenvalue weighted by molar-refractivity contribution is 0.619. The predicted molar refractivity (Wildman–Crippen MR) is 86.1 cm³/mol. The molecule has 1 heterocycles. The number of rotatable bonds is 2. The lowest BCUT2D eigenvalue weighted by Gasteiger charge is -2.17. The first-order valence-corrected chi connectivity index (χ1v) is 7.86. The summed E-state index contributed by atoms with van der Waals surface area (Å²) in [6, 6.07) is 17.1. The van der Waals surface area contributed by atoms with Gasteiger partial charge in [-0.3, -0.25) is 5.32 Å². The van der Waals surface area contributed by atoms with Gasteiger partial charge < -0.3 is 0 Å². The summed E-state index contributed by atoms with van der Waals surface area (Å²) in [5.41, 5.74) is 2.64. The molecule has 3 rings (SSSR count). The largest absolute Gasteiger partial charge is 0.295 e. The molecule has 19 heavy (non-hydrogen) atoms. The highest BCUT2D eigenvalue weighted by atomic mass is 79.9. The third-order valence-electron chi connectivity index (χ3n) is 4.28. The van der Waals surface area contributed by atoms with Crippen molar-refractivity contribution in [3.05, 3.63) is 68.6 Å². The molecule has 0 radical (unpaired) electrons. The van der Waals surface area contributed by atoms with Crippen molar-refractivity contribution >= 4 is 31.9 Å². The number of hydrogen-bond donors (Lipinski definition) is 1. The second-order valence-corrected chi connectivity index (χ2v) is 7.22. The SMILES string of the molecule is CC1(c2ccc(Br)cc2)NC1(C)c1ccc(Br)cc1. The molecule has 0 aromatic heterocycles. The molecule has 0 aliphatic carbocycles. The fourth-order valence-corrected chi connectivity index (χ4v) is 3.29. The van der Waals surface area contributed by atoms with Crippen LogP contribution in [-0.4, -0.2) is 0 Å². The van der Waals surface area contributed by atoms with Gasteiger partial charge in [0.2, 0.25) is 0 Å². The van der Waals surface area contributed by atoms with Gasteiger partial charge in [0.15, 0.2) is 0 Å². The van der Waals surface area contributed by atoms with Crippen molar-refractivity contribution < 1.29 is 0 Å². The number of hydrogen-bond acceptors (Lipinski definition) is 1. The van der Waals surface area contributed by atoms with E-state index in [1.54, 1.807) is 0 Å². The van der Waals surface area contributed by atoms with Gasteiger partial charge in [0.05, 0.1) is 11.1 Å². The van der Waals surface area contributed by atoms with Gasteiger partial charge in [0.1, 0.15) is 0 Å². The van der Waals surface area contributed by atoms with Gasteiger partial charge in [-0.05, 0) is 49.2 Å². The Morgan fingerprint density at radius 2 is 1.00 bits per heavy atom. The zero-order valence-corrected chi connectivity index (χ0v) is 14.0. The second kappa shape index (κ2) is 4.44. The van der Waals surface area contributed by atoms with Crippen LogP contribution in [0.15, 0.2) is 57.5 Å². The number of benzene rings is 2. The van der Waals surface area contributed by atoms with Crippen LogP contribution in [0.2, 0.25) is 0 Å². The van der Waals surface area contributed by atoms with Gasteiger partial charge in [-0.15, -0.1) is 0 Å². The Morgan fingerprint density at radius 3 is 1.32 bits per heavy atom. The predicted octanol–water partition coefficient (Wildman–Crippen LogP) is 4.95. The maximum absolute atomic E-state index is 3.66. The van der Waals surface area contributed by atoms with E-state index in [1.807, 2.05) is 0 Å². The van der Waals surface area contributed by atoms with Crippen molar-refractivity contribution in [3.8, 4) is 0 Å². The first-order chi connectivity index (χ1) is 8.96. The molecule has 1 fully saturated rings. The average Bonchev–Trinajstić information content (AvgIpc) is 2.96. The Kier molecular flexibility index (Phi) is 3.12. The summed E-state index contributed by atoms with van der Waals surface area (Å²) >= 11 is 6.98. The monoisotopic (exact) mass is 379 g/mol. The molecule has 1 saturated heterocycles. The Labute approximate surface area is 130 Å². The molecule has 0 amide bonds. The van der Waals surface area contributed by atoms with E-state index in [1.165, 1.54) is 11.1 Å². The summed E-state index contributed by atoms with van der Waals surface area (Å²) in [6.45, 7) is 4.52. The minimum Gasteiger partial charge on any atom is -0.295 e. The Hall–Kier alpha value is -0.640. The van der Waals surface area contributed by atoms with Gasteiger partial charge >= 0.3 is 0 Å². The van der Waals surface area contributed by atoms with Gasteiger partial charge in [0.25, 0.3) is 0 Å². The quantitative estimate of drug-likeness (QED) is 0.731. The summed E-state index contributed by atoms with van der Waals surface area (Å²) in [4.78, 5) is 0. The molecule has 2 aromatic rings. The minimum atomic E-state index is 0.00152. The zero-order valence-electron chi connectivity index (χ0n) is 10.9. The van der Waals surface area contributed by atoms with Crippen molar-refractivity contribution in [2.75, 3.05) is 0 Å². The fourth-order valence-electron chi connectivity index (χ4n) is 2.76. The van der Waals surface area contributed by atoms with Crippen LogP contribution >= 0.6 is 31.9 Å². The van der Waals surface area contributed by atoms with Crippen LogP contribution in [0, 0.1) is 0 Å². The van der Waals surface area contributed by atoms with E-state index >= 15 is 0 Å². The van der Waals surface area contributed by atoms with Crippen LogP contribution in [-0.2, 0) is 11.1 Å². The average molecular weight is 381 g/mol. The van der Waals surface area contributed by atoms with Crippen LogP contribution in [0.4, 0.5) is 0 Å². The number of nitrogens with one attached hydrogen (secondary N) is 1. The van der Waals surface area contributed by atoms with Crippen LogP contribution in [0.25, 0.3) is 0 Å². The highest BCUT2D eigenvalue weighted by molar-refractivity contribution is 9.10. The maximum atomic E-state index is 3.66. The van der Waals surface area contributed by atoms with Crippen molar-refractivity contribution in [3.63, 3.8) is 0 Å². The molecule has 2 atom stereocenters. The van der Waals surface area contributed by atoms with Crippen LogP contribution in [0.5, 0.6) is 0 Å². The summed E-state index contributed by atoms with van der Waals surface area (Å²) in [6.07, 6.45) is 0. The van der Waals surface area contributed by atoms with Gasteiger partial charge in [0, 0.05) is 8.95 Å². The second-order valence-electron chi connectivity index (χ2n) is 5.39. The summed E-state index contributed by atoms with van der Waals surface area (Å²) < 4.78 is 2.23. The Morgan fingerprint density at radius 1 is 0.684 bits per heavy atom. The molecule has 1 aliphatic rings. The van der Waals surface area contributed by atoms with Crippen molar-refractivity contribution in [2.45, 2.75) is 24.9 Å². The maximum Gasteiger partial charge on any atom is 0.0637 e. The molecule has 2 aromatic carbocycles. The fraction of sp³-hybridized carbons (Fsp3) is 0.250. The molecule has 0 spiro atoms. The third kappa shape index (κ3) is 2.08. The Balaban J connectivity index is 1.96. The molecule has 0 bridgehead atoms. The summed E-state index contributed by atoms with van der Waals surface area (Å²) in [5.74, 6) is 0. The van der Waals surface area contributed by atoms with Crippen LogP contribution in [0.1, 0.15) is 25.0 Å². The van der Waals surface area contributed by atoms with E-state index < -0.39 is 0 Å². The smallest absolute Gasteiger partial charge is 0.0637 e. The van der Waals surface area contributed by atoms with Gasteiger partial charge in [-0.2, -0.15) is 0 Å². The summed E-state index contributed by atoms with van der Waals surface area (Å²) in [7, 11) is 0. The molecule has 1 nitrogen and oxygen atoms in total. The lowest BCUT2D eigenvalue weighted by Crippen LogP contribution is -2.16. The highest BCUT2D eigenvalue weighted by Gasteiger charge is 2.62. The molecule has 2 unspecified atom stereocenters. The van der Waals surface area contributed by atoms with E-state index in [4.69, 9.17) is 0 Å². The van der Waals surface area contributed by atoms with E-state index in [0.717, 1.165) is 8.95 Å². The van der Waals surface area contributed by atoms with Crippen LogP contribution in [0.3, 0.4) is 0 Å². The Bertz CT molecular complexity index is 550. The van der Waals surface area contributed by atoms with E-state index in [-0.39, 0.29) is 11.1 Å². The molecule has 1 N–H and O–H groups in total. The van der Waals surface area contributed by atoms with E-state index in [0.29, 0.717) is 0 Å². The van der Waals surface area contributed by atoms with Crippen molar-refractivity contribution in [2.24, 2.45) is 0 Å². The topological polar surface area (TPSA) is 21.9 Å². The van der Waals surface area contributed by atoms with Crippen molar-refractivity contribution in [1.82, 2.24) is 5.32 Å². The third-order valence-corrected chi connectivity index (χ3v) is 5.34.